The minimum atomic E-state index is -0.827. The van der Waals surface area contributed by atoms with Crippen molar-refractivity contribution < 1.29 is 9.59 Å². The van der Waals surface area contributed by atoms with Crippen molar-refractivity contribution in [1.82, 2.24) is 9.24 Å². The Labute approximate surface area is 86.0 Å². The maximum atomic E-state index is 11.7. The Kier molecular flexibility index (Phi) is 2.18. The molecule has 2 amide bonds. The van der Waals surface area contributed by atoms with Crippen LogP contribution in [0, 0.1) is 0 Å². The van der Waals surface area contributed by atoms with Crippen molar-refractivity contribution in [2.24, 2.45) is 0 Å². The topological polar surface area (TPSA) is 49.4 Å². The molecule has 0 radical (unpaired) electrons. The summed E-state index contributed by atoms with van der Waals surface area (Å²) in [6.45, 7) is 6.72. The van der Waals surface area contributed by atoms with Crippen LogP contribution in [0.25, 0.3) is 0 Å². The Morgan fingerprint density at radius 3 is 2.15 bits per heavy atom. The molecular weight excluding hydrogens is 236 g/mol. The number of hydrogen-bond donors (Lipinski definition) is 1. The van der Waals surface area contributed by atoms with Crippen molar-refractivity contribution >= 4 is 28.0 Å². The third-order valence-corrected chi connectivity index (χ3v) is 3.39. The molecule has 1 aliphatic heterocycles. The molecule has 0 saturated carbocycles. The van der Waals surface area contributed by atoms with Gasteiger partial charge in [0.2, 0.25) is 5.91 Å². The van der Waals surface area contributed by atoms with Crippen LogP contribution in [0.4, 0.5) is 0 Å². The molecule has 1 fully saturated rings. The highest BCUT2D eigenvalue weighted by Gasteiger charge is 2.49. The zero-order chi connectivity index (χ0) is 10.4. The molecule has 4 nitrogen and oxygen atoms in total. The van der Waals surface area contributed by atoms with Crippen LogP contribution in [0.5, 0.6) is 0 Å². The molecule has 0 aromatic heterocycles. The van der Waals surface area contributed by atoms with Gasteiger partial charge in [-0.25, -0.2) is 0 Å². The molecule has 0 aromatic carbocycles. The van der Waals surface area contributed by atoms with Gasteiger partial charge < -0.3 is 5.32 Å². The lowest BCUT2D eigenvalue weighted by molar-refractivity contribution is -0.150. The van der Waals surface area contributed by atoms with Crippen LogP contribution in [0.1, 0.15) is 27.7 Å². The largest absolute Gasteiger partial charge is 0.340 e. The Bertz CT molecular complexity index is 273. The predicted molar refractivity (Wildman–Crippen MR) is 52.1 cm³/mol. The van der Waals surface area contributed by atoms with Crippen LogP contribution in [0.15, 0.2) is 0 Å². The standard InChI is InChI=1S/C8H13BrN2O2/c1-7(2)6(13)11(9)8(3,4)5(12)10-7/h1-4H3,(H,10,12). The summed E-state index contributed by atoms with van der Waals surface area (Å²) < 4.78 is 1.30. The van der Waals surface area contributed by atoms with Gasteiger partial charge in [-0.3, -0.25) is 13.5 Å². The minimum Gasteiger partial charge on any atom is -0.340 e. The molecule has 1 aliphatic rings. The Morgan fingerprint density at radius 2 is 1.69 bits per heavy atom. The fourth-order valence-corrected chi connectivity index (χ4v) is 1.68. The first-order valence-corrected chi connectivity index (χ1v) is 4.73. The number of halogens is 1. The minimum absolute atomic E-state index is 0.142. The van der Waals surface area contributed by atoms with E-state index in [1.54, 1.807) is 27.7 Å². The van der Waals surface area contributed by atoms with E-state index in [2.05, 4.69) is 21.5 Å². The number of amides is 2. The van der Waals surface area contributed by atoms with Crippen molar-refractivity contribution in [3.05, 3.63) is 0 Å². The molecule has 5 heteroatoms. The number of carbonyl (C=O) groups is 2. The summed E-state index contributed by atoms with van der Waals surface area (Å²) in [7, 11) is 0. The zero-order valence-electron chi connectivity index (χ0n) is 8.14. The average molecular weight is 249 g/mol. The van der Waals surface area contributed by atoms with Gasteiger partial charge in [0.05, 0.1) is 16.1 Å². The summed E-state index contributed by atoms with van der Waals surface area (Å²) in [4.78, 5) is 23.2. The number of nitrogens with one attached hydrogen (secondary N) is 1. The van der Waals surface area contributed by atoms with E-state index in [-0.39, 0.29) is 11.8 Å². The zero-order valence-corrected chi connectivity index (χ0v) is 9.73. The van der Waals surface area contributed by atoms with Crippen LogP contribution in [-0.4, -0.2) is 26.8 Å². The van der Waals surface area contributed by atoms with Crippen LogP contribution >= 0.6 is 16.1 Å². The van der Waals surface area contributed by atoms with Gasteiger partial charge in [0.15, 0.2) is 0 Å². The van der Waals surface area contributed by atoms with Crippen LogP contribution in [0.2, 0.25) is 0 Å². The van der Waals surface area contributed by atoms with E-state index in [0.29, 0.717) is 0 Å². The summed E-state index contributed by atoms with van der Waals surface area (Å²) in [5.74, 6) is -0.300. The molecule has 13 heavy (non-hydrogen) atoms. The number of hydrogen-bond acceptors (Lipinski definition) is 2. The first kappa shape index (κ1) is 10.5. The summed E-state index contributed by atoms with van der Waals surface area (Å²) in [6.07, 6.45) is 0. The molecule has 1 rings (SSSR count). The molecule has 0 aromatic rings. The van der Waals surface area contributed by atoms with Gasteiger partial charge in [-0.1, -0.05) is 0 Å². The number of nitrogens with zero attached hydrogens (tertiary/aromatic N) is 1. The number of rotatable bonds is 0. The summed E-state index contributed by atoms with van der Waals surface area (Å²) in [5.41, 5.74) is -1.65. The maximum absolute atomic E-state index is 11.7. The smallest absolute Gasteiger partial charge is 0.258 e. The highest BCUT2D eigenvalue weighted by Crippen LogP contribution is 2.28. The van der Waals surface area contributed by atoms with Crippen molar-refractivity contribution in [3.8, 4) is 0 Å². The van der Waals surface area contributed by atoms with Crippen LogP contribution < -0.4 is 5.32 Å². The van der Waals surface area contributed by atoms with E-state index in [1.807, 2.05) is 0 Å². The SMILES string of the molecule is CC1(C)NC(=O)C(C)(C)N(Br)C1=O. The molecule has 0 spiro atoms. The predicted octanol–water partition coefficient (Wildman–Crippen LogP) is 0.812. The monoisotopic (exact) mass is 248 g/mol. The van der Waals surface area contributed by atoms with Gasteiger partial charge in [-0.05, 0) is 27.7 Å². The Balaban J connectivity index is 3.07. The molecule has 0 atom stereocenters. The lowest BCUT2D eigenvalue weighted by Crippen LogP contribution is -2.69. The highest BCUT2D eigenvalue weighted by atomic mass is 79.9. The van der Waals surface area contributed by atoms with Crippen molar-refractivity contribution in [1.29, 1.82) is 0 Å². The first-order valence-electron chi connectivity index (χ1n) is 4.02. The van der Waals surface area contributed by atoms with Crippen molar-refractivity contribution in [3.63, 3.8) is 0 Å². The van der Waals surface area contributed by atoms with E-state index in [1.165, 1.54) is 3.93 Å². The van der Waals surface area contributed by atoms with E-state index < -0.39 is 11.1 Å². The third kappa shape index (κ3) is 1.45. The number of piperazine rings is 1. The van der Waals surface area contributed by atoms with E-state index in [4.69, 9.17) is 0 Å². The molecule has 1 N–H and O–H groups in total. The van der Waals surface area contributed by atoms with E-state index in [9.17, 15) is 9.59 Å². The van der Waals surface area contributed by atoms with Gasteiger partial charge in [-0.2, -0.15) is 0 Å². The lowest BCUT2D eigenvalue weighted by atomic mass is 9.93. The maximum Gasteiger partial charge on any atom is 0.258 e. The molecular formula is C8H13BrN2O2. The molecule has 0 bridgehead atoms. The molecule has 0 aliphatic carbocycles. The summed E-state index contributed by atoms with van der Waals surface area (Å²) >= 11 is 3.11. The normalized spacial score (nSPS) is 25.8. The second-order valence-electron chi connectivity index (χ2n) is 4.22. The summed E-state index contributed by atoms with van der Waals surface area (Å²) in [5, 5.41) is 2.67. The first-order chi connectivity index (χ1) is 5.69. The van der Waals surface area contributed by atoms with E-state index in [0.717, 1.165) is 0 Å². The van der Waals surface area contributed by atoms with Gasteiger partial charge in [-0.15, -0.1) is 0 Å². The van der Waals surface area contributed by atoms with Gasteiger partial charge in [0.25, 0.3) is 5.91 Å². The fourth-order valence-electron chi connectivity index (χ4n) is 1.08. The highest BCUT2D eigenvalue weighted by molar-refractivity contribution is 9.07. The summed E-state index contributed by atoms with van der Waals surface area (Å²) in [6, 6.07) is 0. The van der Waals surface area contributed by atoms with Crippen LogP contribution in [-0.2, 0) is 9.59 Å². The van der Waals surface area contributed by atoms with Crippen molar-refractivity contribution in [2.75, 3.05) is 0 Å². The Morgan fingerprint density at radius 1 is 1.23 bits per heavy atom. The molecule has 1 saturated heterocycles. The Hall–Kier alpha value is -0.580. The van der Waals surface area contributed by atoms with Gasteiger partial charge >= 0.3 is 0 Å². The second-order valence-corrected chi connectivity index (χ2v) is 4.93. The number of carbonyl (C=O) groups excluding carboxylic acids is 2. The molecule has 74 valence electrons. The van der Waals surface area contributed by atoms with Gasteiger partial charge in [0.1, 0.15) is 11.1 Å². The fraction of sp³-hybridized carbons (Fsp3) is 0.750. The van der Waals surface area contributed by atoms with Crippen molar-refractivity contribution in [2.45, 2.75) is 38.8 Å². The van der Waals surface area contributed by atoms with Crippen LogP contribution in [0.3, 0.4) is 0 Å². The third-order valence-electron chi connectivity index (χ3n) is 2.19. The van der Waals surface area contributed by atoms with Gasteiger partial charge in [0, 0.05) is 0 Å². The molecule has 1 heterocycles. The second kappa shape index (κ2) is 2.70. The van der Waals surface area contributed by atoms with E-state index >= 15 is 0 Å². The lowest BCUT2D eigenvalue weighted by Gasteiger charge is -2.43. The quantitative estimate of drug-likeness (QED) is 0.646. The molecule has 0 unspecified atom stereocenters. The average Bonchev–Trinajstić information content (AvgIpc) is 1.98.